The topological polar surface area (TPSA) is 73.8 Å². The Morgan fingerprint density at radius 3 is 2.00 bits per heavy atom. The van der Waals surface area contributed by atoms with Crippen molar-refractivity contribution in [2.45, 2.75) is 0 Å². The molecule has 148 valence electrons. The number of ether oxygens (including phenoxy) is 1. The second-order valence-electron chi connectivity index (χ2n) is 6.76. The largest absolute Gasteiger partial charge is 0.378 e. The summed E-state index contributed by atoms with van der Waals surface area (Å²) in [7, 11) is 0. The van der Waals surface area contributed by atoms with Gasteiger partial charge in [0.1, 0.15) is 0 Å². The molecule has 2 amide bonds. The molecule has 0 atom stereocenters. The van der Waals surface area contributed by atoms with Crippen molar-refractivity contribution in [1.29, 1.82) is 0 Å². The third-order valence-corrected chi connectivity index (χ3v) is 5.21. The molecule has 2 saturated heterocycles. The minimum absolute atomic E-state index is 0.101. The second-order valence-corrected chi connectivity index (χ2v) is 7.20. The predicted molar refractivity (Wildman–Crippen MR) is 109 cm³/mol. The lowest BCUT2D eigenvalue weighted by Crippen LogP contribution is -2.50. The normalized spacial score (nSPS) is 17.5. The summed E-state index contributed by atoms with van der Waals surface area (Å²) in [5, 5.41) is 12.3. The highest BCUT2D eigenvalue weighted by molar-refractivity contribution is 6.30. The monoisotopic (exact) mass is 402 g/mol. The molecular formula is C19H23ClN6O2. The molecule has 1 aromatic heterocycles. The van der Waals surface area contributed by atoms with Gasteiger partial charge in [0, 0.05) is 50.0 Å². The summed E-state index contributed by atoms with van der Waals surface area (Å²) in [6.07, 6.45) is 0. The van der Waals surface area contributed by atoms with Crippen LogP contribution in [-0.2, 0) is 4.74 Å². The molecule has 0 saturated carbocycles. The number of benzene rings is 1. The Kier molecular flexibility index (Phi) is 5.78. The van der Waals surface area contributed by atoms with E-state index in [1.165, 1.54) is 0 Å². The summed E-state index contributed by atoms with van der Waals surface area (Å²) >= 11 is 5.88. The molecule has 2 fully saturated rings. The number of morpholine rings is 1. The number of carbonyl (C=O) groups excluding carboxylic acids is 1. The zero-order valence-corrected chi connectivity index (χ0v) is 16.3. The van der Waals surface area contributed by atoms with Gasteiger partial charge in [-0.1, -0.05) is 11.6 Å². The SMILES string of the molecule is O=C(Nc1ccc(Cl)cc1)N1CCN(c2ccc(N3CCOCC3)nn2)CC1. The van der Waals surface area contributed by atoms with Crippen molar-refractivity contribution in [2.24, 2.45) is 0 Å². The lowest BCUT2D eigenvalue weighted by molar-refractivity contribution is 0.122. The first-order chi connectivity index (χ1) is 13.7. The third-order valence-electron chi connectivity index (χ3n) is 4.96. The molecule has 2 aliphatic rings. The predicted octanol–water partition coefficient (Wildman–Crippen LogP) is 2.32. The molecule has 3 heterocycles. The molecular weight excluding hydrogens is 380 g/mol. The zero-order chi connectivity index (χ0) is 19.3. The van der Waals surface area contributed by atoms with Crippen LogP contribution in [0.2, 0.25) is 5.02 Å². The van der Waals surface area contributed by atoms with Gasteiger partial charge in [-0.25, -0.2) is 4.79 Å². The number of hydrogen-bond acceptors (Lipinski definition) is 6. The number of piperazine rings is 1. The van der Waals surface area contributed by atoms with Gasteiger partial charge in [0.05, 0.1) is 13.2 Å². The molecule has 2 aliphatic heterocycles. The molecule has 8 nitrogen and oxygen atoms in total. The van der Waals surface area contributed by atoms with Gasteiger partial charge in [-0.3, -0.25) is 0 Å². The van der Waals surface area contributed by atoms with Gasteiger partial charge >= 0.3 is 6.03 Å². The van der Waals surface area contributed by atoms with E-state index < -0.39 is 0 Å². The molecule has 9 heteroatoms. The molecule has 28 heavy (non-hydrogen) atoms. The van der Waals surface area contributed by atoms with Crippen molar-refractivity contribution in [2.75, 3.05) is 67.6 Å². The van der Waals surface area contributed by atoms with Crippen LogP contribution in [-0.4, -0.2) is 73.6 Å². The number of anilines is 3. The maximum atomic E-state index is 12.4. The van der Waals surface area contributed by atoms with Crippen LogP contribution < -0.4 is 15.1 Å². The van der Waals surface area contributed by atoms with E-state index in [1.807, 2.05) is 12.1 Å². The number of urea groups is 1. The number of amides is 2. The summed E-state index contributed by atoms with van der Waals surface area (Å²) in [5.41, 5.74) is 0.737. The van der Waals surface area contributed by atoms with Crippen LogP contribution in [0.1, 0.15) is 0 Å². The Morgan fingerprint density at radius 1 is 0.857 bits per heavy atom. The molecule has 1 aromatic carbocycles. The van der Waals surface area contributed by atoms with Gasteiger partial charge in [0.2, 0.25) is 0 Å². The summed E-state index contributed by atoms with van der Waals surface area (Å²) in [6.45, 7) is 5.84. The van der Waals surface area contributed by atoms with E-state index in [9.17, 15) is 4.79 Å². The Bertz CT molecular complexity index is 787. The fourth-order valence-electron chi connectivity index (χ4n) is 3.32. The van der Waals surface area contributed by atoms with Crippen molar-refractivity contribution in [3.8, 4) is 0 Å². The molecule has 0 bridgehead atoms. The van der Waals surface area contributed by atoms with Crippen LogP contribution >= 0.6 is 11.6 Å². The summed E-state index contributed by atoms with van der Waals surface area (Å²) in [4.78, 5) is 18.6. The quantitative estimate of drug-likeness (QED) is 0.849. The van der Waals surface area contributed by atoms with E-state index in [0.717, 1.165) is 56.7 Å². The molecule has 0 radical (unpaired) electrons. The van der Waals surface area contributed by atoms with Crippen LogP contribution in [0.25, 0.3) is 0 Å². The van der Waals surface area contributed by atoms with Crippen LogP contribution in [0.3, 0.4) is 0 Å². The van der Waals surface area contributed by atoms with Crippen molar-refractivity contribution >= 4 is 35.0 Å². The van der Waals surface area contributed by atoms with Crippen molar-refractivity contribution < 1.29 is 9.53 Å². The lowest BCUT2D eigenvalue weighted by Gasteiger charge is -2.35. The molecule has 4 rings (SSSR count). The Labute approximate surface area is 169 Å². The van der Waals surface area contributed by atoms with Gasteiger partial charge in [-0.2, -0.15) is 0 Å². The van der Waals surface area contributed by atoms with Crippen LogP contribution in [0, 0.1) is 0 Å². The molecule has 0 aliphatic carbocycles. The first kappa shape index (κ1) is 18.8. The van der Waals surface area contributed by atoms with Crippen molar-refractivity contribution in [3.05, 3.63) is 41.4 Å². The Morgan fingerprint density at radius 2 is 1.43 bits per heavy atom. The fraction of sp³-hybridized carbons (Fsp3) is 0.421. The summed E-state index contributed by atoms with van der Waals surface area (Å²) in [5.74, 6) is 1.72. The van der Waals surface area contributed by atoms with Crippen LogP contribution in [0.5, 0.6) is 0 Å². The Balaban J connectivity index is 1.29. The summed E-state index contributed by atoms with van der Waals surface area (Å²) in [6, 6.07) is 11.0. The van der Waals surface area contributed by atoms with Crippen molar-refractivity contribution in [1.82, 2.24) is 15.1 Å². The summed E-state index contributed by atoms with van der Waals surface area (Å²) < 4.78 is 5.37. The van der Waals surface area contributed by atoms with E-state index in [1.54, 1.807) is 29.2 Å². The molecule has 2 aromatic rings. The molecule has 0 spiro atoms. The maximum Gasteiger partial charge on any atom is 0.321 e. The number of hydrogen-bond donors (Lipinski definition) is 1. The number of carbonyl (C=O) groups is 1. The molecule has 0 unspecified atom stereocenters. The van der Waals surface area contributed by atoms with Gasteiger partial charge in [0.25, 0.3) is 0 Å². The van der Waals surface area contributed by atoms with Gasteiger partial charge < -0.3 is 24.8 Å². The fourth-order valence-corrected chi connectivity index (χ4v) is 3.45. The number of halogens is 1. The third kappa shape index (κ3) is 4.45. The first-order valence-corrected chi connectivity index (χ1v) is 9.80. The van der Waals surface area contributed by atoms with Crippen molar-refractivity contribution in [3.63, 3.8) is 0 Å². The number of nitrogens with one attached hydrogen (secondary N) is 1. The standard InChI is InChI=1S/C19H23ClN6O2/c20-15-1-3-16(4-2-15)21-19(27)26-9-7-24(8-10-26)17-5-6-18(23-22-17)25-11-13-28-14-12-25/h1-6H,7-14H2,(H,21,27). The lowest BCUT2D eigenvalue weighted by atomic mass is 10.3. The van der Waals surface area contributed by atoms with Crippen LogP contribution in [0.15, 0.2) is 36.4 Å². The molecule has 1 N–H and O–H groups in total. The number of aromatic nitrogens is 2. The van der Waals surface area contributed by atoms with E-state index in [-0.39, 0.29) is 6.03 Å². The average Bonchev–Trinajstić information content (AvgIpc) is 2.76. The zero-order valence-electron chi connectivity index (χ0n) is 15.6. The Hall–Kier alpha value is -2.58. The average molecular weight is 403 g/mol. The van der Waals surface area contributed by atoms with E-state index >= 15 is 0 Å². The van der Waals surface area contributed by atoms with Gasteiger partial charge in [0.15, 0.2) is 11.6 Å². The minimum atomic E-state index is -0.101. The van der Waals surface area contributed by atoms with Gasteiger partial charge in [-0.15, -0.1) is 10.2 Å². The first-order valence-electron chi connectivity index (χ1n) is 9.42. The van der Waals surface area contributed by atoms with Crippen LogP contribution in [0.4, 0.5) is 22.1 Å². The van der Waals surface area contributed by atoms with E-state index in [4.69, 9.17) is 16.3 Å². The number of nitrogens with zero attached hydrogens (tertiary/aromatic N) is 5. The van der Waals surface area contributed by atoms with E-state index in [0.29, 0.717) is 18.1 Å². The highest BCUT2D eigenvalue weighted by atomic mass is 35.5. The maximum absolute atomic E-state index is 12.4. The highest BCUT2D eigenvalue weighted by Gasteiger charge is 2.22. The minimum Gasteiger partial charge on any atom is -0.378 e. The number of rotatable bonds is 3. The van der Waals surface area contributed by atoms with Gasteiger partial charge in [-0.05, 0) is 36.4 Å². The highest BCUT2D eigenvalue weighted by Crippen LogP contribution is 2.18. The van der Waals surface area contributed by atoms with E-state index in [2.05, 4.69) is 25.3 Å². The smallest absolute Gasteiger partial charge is 0.321 e. The second kappa shape index (κ2) is 8.62.